The number of carboxylic acids is 1. The van der Waals surface area contributed by atoms with E-state index in [0.29, 0.717) is 12.2 Å². The summed E-state index contributed by atoms with van der Waals surface area (Å²) < 4.78 is 13.2. The fraction of sp³-hybridized carbons (Fsp3) is 0.333. The monoisotopic (exact) mass is 596 g/mol. The van der Waals surface area contributed by atoms with Gasteiger partial charge in [-0.15, -0.1) is 0 Å². The van der Waals surface area contributed by atoms with Crippen molar-refractivity contribution < 1.29 is 29.3 Å². The number of carboxylic acid groups (broad SMARTS) is 1. The van der Waals surface area contributed by atoms with E-state index < -0.39 is 12.3 Å². The molecule has 1 amide bonds. The number of hydrogen-bond donors (Lipinski definition) is 3. The van der Waals surface area contributed by atoms with Crippen molar-refractivity contribution in [2.75, 3.05) is 18.9 Å². The number of ether oxygens (including phenoxy) is 2. The second kappa shape index (κ2) is 14.1. The van der Waals surface area contributed by atoms with Crippen LogP contribution in [0, 0.1) is 5.92 Å². The van der Waals surface area contributed by atoms with E-state index in [0.717, 1.165) is 16.7 Å². The molecular formula is C36H40N2O6. The molecule has 5 atom stereocenters. The number of amides is 1. The molecule has 4 aromatic rings. The molecule has 3 N–H and O–H groups in total. The van der Waals surface area contributed by atoms with Gasteiger partial charge in [0.15, 0.2) is 6.29 Å². The Balaban J connectivity index is 1.35. The lowest BCUT2D eigenvalue weighted by Gasteiger charge is -2.43. The van der Waals surface area contributed by atoms with Crippen LogP contribution in [0.25, 0.3) is 10.8 Å². The topological polar surface area (TPSA) is 108 Å². The summed E-state index contributed by atoms with van der Waals surface area (Å²) in [5.74, 6) is -1.33. The van der Waals surface area contributed by atoms with E-state index in [1.165, 1.54) is 16.3 Å². The van der Waals surface area contributed by atoms with E-state index in [1.54, 1.807) is 12.1 Å². The van der Waals surface area contributed by atoms with Crippen molar-refractivity contribution in [1.82, 2.24) is 4.90 Å². The minimum atomic E-state index is -1.01. The minimum Gasteiger partial charge on any atom is -0.481 e. The van der Waals surface area contributed by atoms with E-state index >= 15 is 0 Å². The molecule has 4 aromatic carbocycles. The van der Waals surface area contributed by atoms with Gasteiger partial charge in [-0.1, -0.05) is 79.7 Å². The van der Waals surface area contributed by atoms with Gasteiger partial charge in [0.1, 0.15) is 0 Å². The summed E-state index contributed by atoms with van der Waals surface area (Å²) in [7, 11) is 2.12. The predicted molar refractivity (Wildman–Crippen MR) is 170 cm³/mol. The first kappa shape index (κ1) is 31.3. The Morgan fingerprint density at radius 3 is 2.25 bits per heavy atom. The molecule has 1 heterocycles. The first-order valence-corrected chi connectivity index (χ1v) is 15.0. The van der Waals surface area contributed by atoms with Crippen molar-refractivity contribution in [2.24, 2.45) is 5.92 Å². The number of likely N-dealkylation sites (N-methyl/N-ethyl adjacent to an activating group) is 1. The van der Waals surface area contributed by atoms with Crippen LogP contribution < -0.4 is 5.32 Å². The first-order valence-electron chi connectivity index (χ1n) is 15.0. The van der Waals surface area contributed by atoms with Crippen LogP contribution >= 0.6 is 0 Å². The smallest absolute Gasteiger partial charge is 0.303 e. The number of aliphatic carboxylic acids is 1. The highest BCUT2D eigenvalue weighted by atomic mass is 16.7. The number of aliphatic hydroxyl groups is 1. The lowest BCUT2D eigenvalue weighted by Crippen LogP contribution is -2.44. The van der Waals surface area contributed by atoms with E-state index in [-0.39, 0.29) is 49.5 Å². The Labute approximate surface area is 258 Å². The van der Waals surface area contributed by atoms with E-state index in [1.807, 2.05) is 36.4 Å². The number of anilines is 1. The van der Waals surface area contributed by atoms with Gasteiger partial charge in [0.05, 0.1) is 25.2 Å². The number of aliphatic hydroxyl groups excluding tert-OH is 1. The second-order valence-corrected chi connectivity index (χ2v) is 11.6. The summed E-state index contributed by atoms with van der Waals surface area (Å²) in [6, 6.07) is 30.2. The third kappa shape index (κ3) is 7.52. The summed E-state index contributed by atoms with van der Waals surface area (Å²) in [6.07, 6.45) is -1.35. The highest BCUT2D eigenvalue weighted by Gasteiger charge is 2.39. The summed E-state index contributed by atoms with van der Waals surface area (Å²) in [5.41, 5.74) is 4.48. The quantitative estimate of drug-likeness (QED) is 0.179. The molecule has 44 heavy (non-hydrogen) atoms. The zero-order valence-corrected chi connectivity index (χ0v) is 25.4. The molecule has 1 saturated heterocycles. The molecule has 1 aliphatic heterocycles. The number of nitrogens with one attached hydrogen (secondary N) is 1. The maximum Gasteiger partial charge on any atom is 0.303 e. The van der Waals surface area contributed by atoms with Crippen LogP contribution in [-0.2, 0) is 25.7 Å². The molecule has 230 valence electrons. The number of hydrogen-bond acceptors (Lipinski definition) is 6. The molecule has 8 nitrogen and oxygen atoms in total. The van der Waals surface area contributed by atoms with Gasteiger partial charge in [-0.25, -0.2) is 0 Å². The van der Waals surface area contributed by atoms with Crippen molar-refractivity contribution in [3.63, 3.8) is 0 Å². The molecule has 0 unspecified atom stereocenters. The maximum absolute atomic E-state index is 12.1. The van der Waals surface area contributed by atoms with Crippen molar-refractivity contribution in [3.8, 4) is 0 Å². The average Bonchev–Trinajstić information content (AvgIpc) is 3.04. The van der Waals surface area contributed by atoms with Gasteiger partial charge in [0, 0.05) is 36.2 Å². The number of fused-ring (bicyclic) bond motifs is 1. The van der Waals surface area contributed by atoms with E-state index in [4.69, 9.17) is 14.6 Å². The average molecular weight is 597 g/mol. The largest absolute Gasteiger partial charge is 0.481 e. The maximum atomic E-state index is 12.1. The number of benzene rings is 4. The Bertz CT molecular complexity index is 1570. The molecule has 0 aromatic heterocycles. The third-order valence-electron chi connectivity index (χ3n) is 8.54. The van der Waals surface area contributed by atoms with Crippen LogP contribution in [0.3, 0.4) is 0 Å². The van der Waals surface area contributed by atoms with E-state index in [9.17, 15) is 14.7 Å². The molecule has 0 aliphatic carbocycles. The summed E-state index contributed by atoms with van der Waals surface area (Å²) in [6.45, 7) is 5.01. The molecule has 1 fully saturated rings. The van der Waals surface area contributed by atoms with Gasteiger partial charge in [-0.2, -0.15) is 0 Å². The van der Waals surface area contributed by atoms with Crippen molar-refractivity contribution >= 4 is 28.3 Å². The van der Waals surface area contributed by atoms with Crippen molar-refractivity contribution in [1.29, 1.82) is 0 Å². The molecular weight excluding hydrogens is 556 g/mol. The highest BCUT2D eigenvalue weighted by Crippen LogP contribution is 2.42. The number of nitrogens with zero attached hydrogens (tertiary/aromatic N) is 1. The zero-order valence-electron chi connectivity index (χ0n) is 25.4. The normalized spacial score (nSPS) is 20.8. The van der Waals surface area contributed by atoms with E-state index in [2.05, 4.69) is 73.6 Å². The second-order valence-electron chi connectivity index (χ2n) is 11.6. The van der Waals surface area contributed by atoms with Gasteiger partial charge < -0.3 is 25.0 Å². The van der Waals surface area contributed by atoms with Crippen LogP contribution in [0.15, 0.2) is 91.0 Å². The van der Waals surface area contributed by atoms with Crippen LogP contribution in [0.1, 0.15) is 67.4 Å². The summed E-state index contributed by atoms with van der Waals surface area (Å²) in [5, 5.41) is 23.6. The van der Waals surface area contributed by atoms with Gasteiger partial charge in [-0.05, 0) is 59.6 Å². The first-order chi connectivity index (χ1) is 21.2. The van der Waals surface area contributed by atoms with Crippen molar-refractivity contribution in [2.45, 2.75) is 57.8 Å². The molecule has 0 bridgehead atoms. The lowest BCUT2D eigenvalue weighted by atomic mass is 9.89. The molecule has 0 saturated carbocycles. The number of carbonyl (C=O) groups is 2. The Hall–Kier alpha value is -4.08. The summed E-state index contributed by atoms with van der Waals surface area (Å²) in [4.78, 5) is 25.2. The highest BCUT2D eigenvalue weighted by molar-refractivity contribution is 5.92. The fourth-order valence-corrected chi connectivity index (χ4v) is 5.66. The predicted octanol–water partition coefficient (Wildman–Crippen LogP) is 6.62. The van der Waals surface area contributed by atoms with Gasteiger partial charge in [0.2, 0.25) is 5.91 Å². The lowest BCUT2D eigenvalue weighted by molar-refractivity contribution is -0.276. The van der Waals surface area contributed by atoms with Crippen LogP contribution in [0.5, 0.6) is 0 Å². The van der Waals surface area contributed by atoms with Gasteiger partial charge >= 0.3 is 5.97 Å². The summed E-state index contributed by atoms with van der Waals surface area (Å²) >= 11 is 0. The van der Waals surface area contributed by atoms with Crippen LogP contribution in [0.4, 0.5) is 5.69 Å². The number of rotatable bonds is 11. The Morgan fingerprint density at radius 2 is 1.57 bits per heavy atom. The fourth-order valence-electron chi connectivity index (χ4n) is 5.66. The number of carbonyl (C=O) groups excluding carboxylic acids is 1. The Morgan fingerprint density at radius 1 is 0.886 bits per heavy atom. The third-order valence-corrected chi connectivity index (χ3v) is 8.54. The zero-order chi connectivity index (χ0) is 31.2. The standard InChI is InChI=1S/C36H40N2O6/c1-23-32(21-38(3)24(2)29-13-12-26-6-4-5-7-30(26)20-29)43-36(44-35(23)27-10-8-25(22-39)9-11-27)28-14-16-31(17-15-28)37-33(40)18-19-34(41)42/h4-17,20,23-24,32,35-36,39H,18-19,21-22H2,1-3H3,(H,37,40)(H,41,42)/t23-,24-,32+,35+,36+/m1/s1. The molecule has 0 radical (unpaired) electrons. The van der Waals surface area contributed by atoms with Crippen LogP contribution in [-0.4, -0.2) is 46.7 Å². The van der Waals surface area contributed by atoms with Crippen molar-refractivity contribution in [3.05, 3.63) is 113 Å². The molecule has 8 heteroatoms. The Kier molecular flexibility index (Phi) is 10.1. The molecule has 0 spiro atoms. The molecule has 1 aliphatic rings. The van der Waals surface area contributed by atoms with Crippen LogP contribution in [0.2, 0.25) is 0 Å². The minimum absolute atomic E-state index is 0.0215. The molecule has 5 rings (SSSR count). The van der Waals surface area contributed by atoms with Gasteiger partial charge in [0.25, 0.3) is 0 Å². The van der Waals surface area contributed by atoms with Gasteiger partial charge in [-0.3, -0.25) is 14.5 Å². The SMILES string of the molecule is C[C@@H]1[C@H](CN(C)[C@H](C)c2ccc3ccccc3c2)O[C@H](c2ccc(NC(=O)CCC(=O)O)cc2)O[C@@H]1c1ccc(CO)cc1.